The van der Waals surface area contributed by atoms with Gasteiger partial charge in [-0.05, 0) is 31.9 Å². The predicted octanol–water partition coefficient (Wildman–Crippen LogP) is 2.61. The molecule has 0 aliphatic heterocycles. The first kappa shape index (κ1) is 13.8. The van der Waals surface area contributed by atoms with Crippen LogP contribution in [0.5, 0.6) is 0 Å². The lowest BCUT2D eigenvalue weighted by Crippen LogP contribution is -1.79. The first-order chi connectivity index (χ1) is 4.54. The van der Waals surface area contributed by atoms with Crippen LogP contribution in [0.1, 0.15) is 0 Å². The fourth-order valence-corrected chi connectivity index (χ4v) is 0. The maximum absolute atomic E-state index is 9.68. The third-order valence-corrected chi connectivity index (χ3v) is 3.29. The number of carbonyl (C=O) groups excluding carboxylic acids is 2. The minimum absolute atomic E-state index is 0.0162. The molecule has 0 heterocycles. The van der Waals surface area contributed by atoms with Crippen LogP contribution in [0.4, 0.5) is 0 Å². The summed E-state index contributed by atoms with van der Waals surface area (Å²) in [6.07, 6.45) is 0. The lowest BCUT2D eigenvalue weighted by atomic mass is 10.9. The van der Waals surface area contributed by atoms with Gasteiger partial charge in [0.2, 0.25) is 9.39 Å². The van der Waals surface area contributed by atoms with Crippen molar-refractivity contribution in [2.24, 2.45) is 0 Å². The van der Waals surface area contributed by atoms with Crippen molar-refractivity contribution in [3.05, 3.63) is 0 Å². The Morgan fingerprint density at radius 2 is 1.00 bits per heavy atom. The van der Waals surface area contributed by atoms with Crippen LogP contribution in [-0.2, 0) is 9.59 Å². The molecule has 60 valence electrons. The first-order valence-electron chi connectivity index (χ1n) is 2.03. The highest BCUT2D eigenvalue weighted by molar-refractivity contribution is 9.20. The molecule has 0 radical (unpaired) electrons. The second kappa shape index (κ2) is 10.3. The Bertz CT molecular complexity index is 99.8. The van der Waals surface area contributed by atoms with Crippen LogP contribution in [0.15, 0.2) is 0 Å². The van der Waals surface area contributed by atoms with E-state index in [0.717, 1.165) is 0 Å². The Kier molecular flexibility index (Phi) is 14.2. The molecule has 0 N–H and O–H groups in total. The molecular weight excluding hydrogens is 400 g/mol. The van der Waals surface area contributed by atoms with E-state index in [1.807, 2.05) is 0 Å². The molecule has 0 amide bonds. The van der Waals surface area contributed by atoms with Gasteiger partial charge in [0, 0.05) is 0 Å². The van der Waals surface area contributed by atoms with Gasteiger partial charge in [0.15, 0.2) is 0 Å². The van der Waals surface area contributed by atoms with E-state index < -0.39 is 0 Å². The molecule has 0 aliphatic rings. The normalized spacial score (nSPS) is 7.60. The average Bonchev–Trinajstić information content (AvgIpc) is 1.89. The van der Waals surface area contributed by atoms with Crippen LogP contribution in [0, 0.1) is 0 Å². The van der Waals surface area contributed by atoms with Crippen LogP contribution in [0.2, 0.25) is 0 Å². The molecule has 0 saturated carbocycles. The number of rotatable bonds is 2. The lowest BCUT2D eigenvalue weighted by Gasteiger charge is -1.66. The summed E-state index contributed by atoms with van der Waals surface area (Å²) >= 11 is 11.2. The molecule has 6 heteroatoms. The highest BCUT2D eigenvalue weighted by atomic mass is 79.9. The van der Waals surface area contributed by atoms with Crippen LogP contribution in [0.25, 0.3) is 0 Å². The van der Waals surface area contributed by atoms with Crippen molar-refractivity contribution in [1.29, 1.82) is 0 Å². The van der Waals surface area contributed by atoms with Crippen molar-refractivity contribution >= 4 is 73.1 Å². The second-order valence-corrected chi connectivity index (χ2v) is 3.87. The Morgan fingerprint density at radius 1 is 0.900 bits per heavy atom. The Morgan fingerprint density at radius 3 is 1.00 bits per heavy atom. The molecule has 0 aliphatic carbocycles. The molecule has 0 rings (SSSR count). The molecule has 0 atom stereocenters. The Balaban J connectivity index is 0. The third-order valence-electron chi connectivity index (χ3n) is 0.210. The fraction of sp³-hybridized carbons (Fsp3) is 0.500. The van der Waals surface area contributed by atoms with Gasteiger partial charge < -0.3 is 0 Å². The predicted molar refractivity (Wildman–Crippen MR) is 55.5 cm³/mol. The van der Waals surface area contributed by atoms with Crippen molar-refractivity contribution < 1.29 is 9.59 Å². The molecule has 0 aromatic rings. The zero-order valence-corrected chi connectivity index (χ0v) is 11.1. The molecule has 0 spiro atoms. The van der Waals surface area contributed by atoms with Crippen molar-refractivity contribution in [2.45, 2.75) is 0 Å². The summed E-state index contributed by atoms with van der Waals surface area (Å²) < 4.78 is -0.0324. The number of halogens is 4. The molecule has 0 fully saturated rings. The average molecular weight is 404 g/mol. The minimum atomic E-state index is -0.0162. The van der Waals surface area contributed by atoms with E-state index in [-0.39, 0.29) is 9.39 Å². The highest BCUT2D eigenvalue weighted by Gasteiger charge is 1.82. The standard InChI is InChI=1S/2C2H2Br2O/c2*3-1-2(4)5/h2*1H2. The van der Waals surface area contributed by atoms with Crippen molar-refractivity contribution in [3.63, 3.8) is 0 Å². The maximum Gasteiger partial charge on any atom is 0.208 e. The molecule has 2 nitrogen and oxygen atoms in total. The molecule has 10 heavy (non-hydrogen) atoms. The summed E-state index contributed by atoms with van der Waals surface area (Å²) in [5.74, 6) is 0. The van der Waals surface area contributed by atoms with Gasteiger partial charge in [-0.25, -0.2) is 0 Å². The SMILES string of the molecule is O=C(Br)CBr.O=C(Br)CBr. The Labute approximate surface area is 92.6 Å². The topological polar surface area (TPSA) is 34.1 Å². The smallest absolute Gasteiger partial charge is 0.208 e. The quantitative estimate of drug-likeness (QED) is 0.525. The third kappa shape index (κ3) is 22.8. The number of hydrogen-bond donors (Lipinski definition) is 0. The van der Waals surface area contributed by atoms with E-state index >= 15 is 0 Å². The van der Waals surface area contributed by atoms with Gasteiger partial charge in [-0.15, -0.1) is 0 Å². The molecular formula is C4H4Br4O2. The summed E-state index contributed by atoms with van der Waals surface area (Å²) in [4.78, 5) is 19.4. The van der Waals surface area contributed by atoms with Gasteiger partial charge in [-0.2, -0.15) is 0 Å². The fourth-order valence-electron chi connectivity index (χ4n) is 0. The van der Waals surface area contributed by atoms with E-state index in [4.69, 9.17) is 0 Å². The van der Waals surface area contributed by atoms with Crippen LogP contribution in [-0.4, -0.2) is 20.0 Å². The van der Waals surface area contributed by atoms with Crippen molar-refractivity contribution in [2.75, 3.05) is 10.7 Å². The molecule has 0 saturated heterocycles. The molecule has 0 bridgehead atoms. The molecule has 0 unspecified atom stereocenters. The van der Waals surface area contributed by atoms with Crippen molar-refractivity contribution in [1.82, 2.24) is 0 Å². The number of alkyl halides is 2. The van der Waals surface area contributed by atoms with Gasteiger partial charge in [0.25, 0.3) is 0 Å². The summed E-state index contributed by atoms with van der Waals surface area (Å²) in [5.41, 5.74) is 0. The van der Waals surface area contributed by atoms with Gasteiger partial charge in [0.05, 0.1) is 10.7 Å². The monoisotopic (exact) mass is 400 g/mol. The first-order valence-corrected chi connectivity index (χ1v) is 5.86. The zero-order chi connectivity index (χ0) is 8.57. The van der Waals surface area contributed by atoms with E-state index in [0.29, 0.717) is 10.7 Å². The van der Waals surface area contributed by atoms with Gasteiger partial charge in [0.1, 0.15) is 0 Å². The van der Waals surface area contributed by atoms with Crippen molar-refractivity contribution in [3.8, 4) is 0 Å². The molecule has 0 aromatic heterocycles. The Hall–Kier alpha value is 1.26. The largest absolute Gasteiger partial charge is 0.286 e. The van der Waals surface area contributed by atoms with Gasteiger partial charge >= 0.3 is 0 Å². The van der Waals surface area contributed by atoms with Crippen LogP contribution in [0.3, 0.4) is 0 Å². The molecule has 0 aromatic carbocycles. The second-order valence-electron chi connectivity index (χ2n) is 0.978. The van der Waals surface area contributed by atoms with Gasteiger partial charge in [-0.3, -0.25) is 9.59 Å². The number of hydrogen-bond acceptors (Lipinski definition) is 2. The van der Waals surface area contributed by atoms with E-state index in [1.165, 1.54) is 0 Å². The van der Waals surface area contributed by atoms with E-state index in [1.54, 1.807) is 0 Å². The summed E-state index contributed by atoms with van der Waals surface area (Å²) in [5, 5.41) is 0.792. The van der Waals surface area contributed by atoms with E-state index in [9.17, 15) is 9.59 Å². The lowest BCUT2D eigenvalue weighted by molar-refractivity contribution is -0.108. The summed E-state index contributed by atoms with van der Waals surface area (Å²) in [6, 6.07) is 0. The van der Waals surface area contributed by atoms with Crippen LogP contribution >= 0.6 is 63.7 Å². The maximum atomic E-state index is 9.68. The summed E-state index contributed by atoms with van der Waals surface area (Å²) in [6.45, 7) is 0. The minimum Gasteiger partial charge on any atom is -0.286 e. The van der Waals surface area contributed by atoms with Gasteiger partial charge in [-0.1, -0.05) is 31.9 Å². The zero-order valence-electron chi connectivity index (χ0n) is 4.74. The van der Waals surface area contributed by atoms with Crippen LogP contribution < -0.4 is 0 Å². The van der Waals surface area contributed by atoms with E-state index in [2.05, 4.69) is 63.7 Å². The summed E-state index contributed by atoms with van der Waals surface area (Å²) in [7, 11) is 0. The number of carbonyl (C=O) groups is 2. The highest BCUT2D eigenvalue weighted by Crippen LogP contribution is 1.87.